The monoisotopic (exact) mass is 546 g/mol. The molecule has 0 unspecified atom stereocenters. The van der Waals surface area contributed by atoms with Crippen LogP contribution in [-0.4, -0.2) is 16.1 Å². The zero-order chi connectivity index (χ0) is 20.3. The number of halogens is 3. The summed E-state index contributed by atoms with van der Waals surface area (Å²) in [6.07, 6.45) is 0. The third kappa shape index (κ3) is 5.03. The van der Waals surface area contributed by atoms with Crippen molar-refractivity contribution in [1.82, 2.24) is 5.32 Å². The highest BCUT2D eigenvalue weighted by molar-refractivity contribution is 14.1. The number of hydrogen-bond acceptors (Lipinski definition) is 4. The van der Waals surface area contributed by atoms with Gasteiger partial charge in [0.2, 0.25) is 0 Å². The van der Waals surface area contributed by atoms with E-state index in [1.54, 1.807) is 42.5 Å². The third-order valence-corrected chi connectivity index (χ3v) is 5.23. The second kappa shape index (κ2) is 9.23. The lowest BCUT2D eigenvalue weighted by Crippen LogP contribution is -2.34. The van der Waals surface area contributed by atoms with Crippen molar-refractivity contribution in [1.29, 1.82) is 0 Å². The van der Waals surface area contributed by atoms with E-state index in [0.29, 0.717) is 38.4 Å². The Hall–Kier alpha value is -1.65. The highest BCUT2D eigenvalue weighted by Crippen LogP contribution is 2.31. The molecule has 0 atom stereocenters. The van der Waals surface area contributed by atoms with Gasteiger partial charge in [-0.3, -0.25) is 10.1 Å². The van der Waals surface area contributed by atoms with Crippen LogP contribution in [0.1, 0.15) is 16.1 Å². The van der Waals surface area contributed by atoms with Gasteiger partial charge >= 0.3 is 0 Å². The van der Waals surface area contributed by atoms with Gasteiger partial charge in [-0.25, -0.2) is 0 Å². The minimum absolute atomic E-state index is 0.115. The number of aliphatic hydroxyl groups is 1. The van der Waals surface area contributed by atoms with Crippen molar-refractivity contribution < 1.29 is 14.3 Å². The Balaban J connectivity index is 1.69. The molecule has 3 rings (SSSR count). The van der Waals surface area contributed by atoms with E-state index in [9.17, 15) is 4.79 Å². The van der Waals surface area contributed by atoms with Crippen molar-refractivity contribution in [3.63, 3.8) is 0 Å². The van der Waals surface area contributed by atoms with E-state index >= 15 is 0 Å². The Labute approximate surface area is 190 Å². The number of carbonyl (C=O) groups is 1. The van der Waals surface area contributed by atoms with Gasteiger partial charge in [-0.1, -0.05) is 23.2 Å². The molecule has 3 N–H and O–H groups in total. The molecule has 0 radical (unpaired) electrons. The number of benzene rings is 2. The molecule has 1 heterocycles. The first-order chi connectivity index (χ1) is 13.4. The fraction of sp³-hybridized carbons (Fsp3) is 0.0526. The largest absolute Gasteiger partial charge is 0.459 e. The summed E-state index contributed by atoms with van der Waals surface area (Å²) in [5.74, 6) is 0.590. The van der Waals surface area contributed by atoms with E-state index < -0.39 is 5.91 Å². The maximum Gasteiger partial charge on any atom is 0.258 e. The molecule has 3 aromatic rings. The number of rotatable bonds is 4. The molecule has 0 fully saturated rings. The Bertz CT molecular complexity index is 1060. The molecule has 144 valence electrons. The van der Waals surface area contributed by atoms with Crippen LogP contribution in [0.25, 0.3) is 11.3 Å². The molecule has 0 spiro atoms. The molecule has 1 amide bonds. The van der Waals surface area contributed by atoms with Crippen LogP contribution in [0.4, 0.5) is 5.69 Å². The SMILES string of the molecule is O=C(NC(=S)Nc1ccc(-c2ccc(CO)o2)c(Cl)c1)c1cc(I)ccc1Cl. The Morgan fingerprint density at radius 3 is 2.57 bits per heavy atom. The number of anilines is 1. The van der Waals surface area contributed by atoms with Crippen molar-refractivity contribution in [3.05, 3.63) is 73.5 Å². The first-order valence-corrected chi connectivity index (χ1v) is 10.2. The second-order valence-corrected chi connectivity index (χ2v) is 8.12. The first-order valence-electron chi connectivity index (χ1n) is 7.94. The van der Waals surface area contributed by atoms with Crippen LogP contribution in [0.15, 0.2) is 52.9 Å². The quantitative estimate of drug-likeness (QED) is 0.298. The summed E-state index contributed by atoms with van der Waals surface area (Å²) in [7, 11) is 0. The van der Waals surface area contributed by atoms with E-state index in [1.807, 2.05) is 6.07 Å². The normalized spacial score (nSPS) is 10.6. The Morgan fingerprint density at radius 2 is 1.89 bits per heavy atom. The smallest absolute Gasteiger partial charge is 0.258 e. The number of hydrogen-bond donors (Lipinski definition) is 3. The molecule has 0 aliphatic carbocycles. The summed E-state index contributed by atoms with van der Waals surface area (Å²) in [5, 5.41) is 15.5. The van der Waals surface area contributed by atoms with Gasteiger partial charge < -0.3 is 14.8 Å². The maximum atomic E-state index is 12.4. The standard InChI is InChI=1S/C19H13Cl2IN2O3S/c20-15-5-1-10(22)7-14(15)18(26)24-19(28)23-11-2-4-13(16(21)8-11)17-6-3-12(9-25)27-17/h1-8,25H,9H2,(H2,23,24,26,28). The summed E-state index contributed by atoms with van der Waals surface area (Å²) < 4.78 is 6.38. The summed E-state index contributed by atoms with van der Waals surface area (Å²) in [6.45, 7) is -0.185. The number of carbonyl (C=O) groups excluding carboxylic acids is 1. The summed E-state index contributed by atoms with van der Waals surface area (Å²) in [6, 6.07) is 13.7. The third-order valence-electron chi connectivity index (χ3n) is 3.71. The van der Waals surface area contributed by atoms with Gasteiger partial charge in [-0.2, -0.15) is 0 Å². The lowest BCUT2D eigenvalue weighted by Gasteiger charge is -2.12. The summed E-state index contributed by atoms with van der Waals surface area (Å²) >= 11 is 19.7. The molecular formula is C19H13Cl2IN2O3S. The maximum absolute atomic E-state index is 12.4. The van der Waals surface area contributed by atoms with Gasteiger partial charge in [0.1, 0.15) is 18.1 Å². The fourth-order valence-electron chi connectivity index (χ4n) is 2.40. The van der Waals surface area contributed by atoms with Crippen LogP contribution in [0, 0.1) is 3.57 Å². The molecule has 9 heteroatoms. The molecular weight excluding hydrogens is 534 g/mol. The summed E-state index contributed by atoms with van der Waals surface area (Å²) in [4.78, 5) is 12.4. The topological polar surface area (TPSA) is 74.5 Å². The minimum atomic E-state index is -0.407. The molecule has 2 aromatic carbocycles. The Morgan fingerprint density at radius 1 is 1.11 bits per heavy atom. The van der Waals surface area contributed by atoms with Gasteiger partial charge in [0.25, 0.3) is 5.91 Å². The second-order valence-electron chi connectivity index (χ2n) is 5.65. The van der Waals surface area contributed by atoms with E-state index in [1.165, 1.54) is 0 Å². The lowest BCUT2D eigenvalue weighted by atomic mass is 10.1. The van der Waals surface area contributed by atoms with Crippen molar-refractivity contribution in [2.24, 2.45) is 0 Å². The molecule has 28 heavy (non-hydrogen) atoms. The van der Waals surface area contributed by atoms with E-state index in [4.69, 9.17) is 44.9 Å². The molecule has 1 aromatic heterocycles. The number of amides is 1. The zero-order valence-electron chi connectivity index (χ0n) is 14.1. The van der Waals surface area contributed by atoms with Crippen LogP contribution in [-0.2, 0) is 6.61 Å². The van der Waals surface area contributed by atoms with Gasteiger partial charge in [0.15, 0.2) is 5.11 Å². The van der Waals surface area contributed by atoms with Crippen molar-refractivity contribution in [3.8, 4) is 11.3 Å². The van der Waals surface area contributed by atoms with Crippen molar-refractivity contribution >= 4 is 74.7 Å². The van der Waals surface area contributed by atoms with E-state index in [2.05, 4.69) is 33.2 Å². The van der Waals surface area contributed by atoms with Crippen molar-refractivity contribution in [2.45, 2.75) is 6.61 Å². The Kier molecular flexibility index (Phi) is 6.95. The predicted octanol–water partition coefficient (Wildman–Crippen LogP) is 5.48. The molecule has 0 saturated carbocycles. The molecule has 0 saturated heterocycles. The highest BCUT2D eigenvalue weighted by atomic mass is 127. The lowest BCUT2D eigenvalue weighted by molar-refractivity contribution is 0.0978. The summed E-state index contributed by atoms with van der Waals surface area (Å²) in [5.41, 5.74) is 1.61. The van der Waals surface area contributed by atoms with Crippen molar-refractivity contribution in [2.75, 3.05) is 5.32 Å². The van der Waals surface area contributed by atoms with Gasteiger partial charge in [0.05, 0.1) is 15.6 Å². The fourth-order valence-corrected chi connectivity index (χ4v) is 3.58. The predicted molar refractivity (Wildman–Crippen MR) is 123 cm³/mol. The molecule has 0 bridgehead atoms. The van der Waals surface area contributed by atoms with Crippen LogP contribution in [0.2, 0.25) is 10.0 Å². The van der Waals surface area contributed by atoms with E-state index in [-0.39, 0.29) is 11.7 Å². The van der Waals surface area contributed by atoms with Gasteiger partial charge in [-0.05, 0) is 83.3 Å². The van der Waals surface area contributed by atoms with E-state index in [0.717, 1.165) is 3.57 Å². The van der Waals surface area contributed by atoms with Crippen LogP contribution in [0.5, 0.6) is 0 Å². The number of aliphatic hydroxyl groups excluding tert-OH is 1. The zero-order valence-corrected chi connectivity index (χ0v) is 18.6. The molecule has 0 aliphatic rings. The first kappa shape index (κ1) is 21.1. The minimum Gasteiger partial charge on any atom is -0.459 e. The average Bonchev–Trinajstić information content (AvgIpc) is 3.12. The van der Waals surface area contributed by atoms with Gasteiger partial charge in [-0.15, -0.1) is 0 Å². The van der Waals surface area contributed by atoms with Crippen LogP contribution in [0.3, 0.4) is 0 Å². The molecule has 5 nitrogen and oxygen atoms in total. The molecule has 0 aliphatic heterocycles. The number of nitrogens with one attached hydrogen (secondary N) is 2. The number of thiocarbonyl (C=S) groups is 1. The van der Waals surface area contributed by atoms with Gasteiger partial charge in [0, 0.05) is 14.8 Å². The highest BCUT2D eigenvalue weighted by Gasteiger charge is 2.14. The average molecular weight is 547 g/mol. The van der Waals surface area contributed by atoms with Crippen LogP contribution >= 0.6 is 58.0 Å². The number of furan rings is 1. The van der Waals surface area contributed by atoms with Crippen LogP contribution < -0.4 is 10.6 Å².